The Kier molecular flexibility index (Phi) is 4.09. The molecule has 0 radical (unpaired) electrons. The topological polar surface area (TPSA) is 63.6 Å². The van der Waals surface area contributed by atoms with Crippen molar-refractivity contribution in [1.29, 1.82) is 0 Å². The molecule has 1 N–H and O–H groups in total. The number of hydrogen-bond acceptors (Lipinski definition) is 3. The van der Waals surface area contributed by atoms with Crippen molar-refractivity contribution in [3.63, 3.8) is 0 Å². The number of rotatable bonds is 4. The lowest BCUT2D eigenvalue weighted by atomic mass is 10.1. The number of carboxylic acids is 1. The van der Waals surface area contributed by atoms with Crippen LogP contribution in [0.3, 0.4) is 0 Å². The number of halogens is 3. The normalized spacial score (nSPS) is 11.5. The Morgan fingerprint density at radius 3 is 2.33 bits per heavy atom. The highest BCUT2D eigenvalue weighted by Crippen LogP contribution is 2.26. The Morgan fingerprint density at radius 1 is 1.17 bits per heavy atom. The van der Waals surface area contributed by atoms with E-state index < -0.39 is 23.9 Å². The highest BCUT2D eigenvalue weighted by Gasteiger charge is 2.32. The fourth-order valence-corrected chi connectivity index (χ4v) is 1.12. The van der Waals surface area contributed by atoms with Gasteiger partial charge in [0.25, 0.3) is 0 Å². The van der Waals surface area contributed by atoms with Gasteiger partial charge in [-0.3, -0.25) is 4.79 Å². The predicted molar refractivity (Wildman–Crippen MR) is 54.2 cm³/mol. The van der Waals surface area contributed by atoms with Gasteiger partial charge in [-0.1, -0.05) is 12.1 Å². The van der Waals surface area contributed by atoms with Gasteiger partial charge < -0.3 is 9.84 Å². The van der Waals surface area contributed by atoms with E-state index in [1.165, 1.54) is 12.1 Å². The molecule has 0 spiro atoms. The largest absolute Gasteiger partial charge is 0.573 e. The minimum Gasteiger partial charge on any atom is -0.478 e. The van der Waals surface area contributed by atoms with Crippen LogP contribution >= 0.6 is 0 Å². The monoisotopic (exact) mass is 260 g/mol. The predicted octanol–water partition coefficient (Wildman–Crippen LogP) is 2.41. The molecule has 0 aromatic heterocycles. The summed E-state index contributed by atoms with van der Waals surface area (Å²) in [6.07, 6.45) is -3.74. The van der Waals surface area contributed by atoms with E-state index in [0.29, 0.717) is 12.2 Å². The van der Waals surface area contributed by atoms with Crippen molar-refractivity contribution in [3.8, 4) is 5.75 Å². The van der Waals surface area contributed by atoms with Gasteiger partial charge in [-0.15, -0.1) is 13.2 Å². The number of aliphatic carboxylic acids is 1. The second kappa shape index (κ2) is 5.35. The summed E-state index contributed by atoms with van der Waals surface area (Å²) in [5.41, 5.74) is -0.368. The van der Waals surface area contributed by atoms with E-state index in [4.69, 9.17) is 5.11 Å². The van der Waals surface area contributed by atoms with E-state index in [9.17, 15) is 22.8 Å². The average Bonchev–Trinajstić information content (AvgIpc) is 2.24. The molecule has 0 aliphatic carbocycles. The van der Waals surface area contributed by atoms with Gasteiger partial charge >= 0.3 is 12.3 Å². The number of carbonyl (C=O) groups excluding carboxylic acids is 1. The molecule has 0 saturated carbocycles. The lowest BCUT2D eigenvalue weighted by Gasteiger charge is -2.11. The van der Waals surface area contributed by atoms with Crippen molar-refractivity contribution >= 4 is 11.8 Å². The molecule has 18 heavy (non-hydrogen) atoms. The van der Waals surface area contributed by atoms with Crippen LogP contribution in [-0.2, 0) is 4.79 Å². The van der Waals surface area contributed by atoms with Crippen molar-refractivity contribution in [2.75, 3.05) is 0 Å². The van der Waals surface area contributed by atoms with Gasteiger partial charge in [-0.25, -0.2) is 4.79 Å². The average molecular weight is 260 g/mol. The zero-order valence-electron chi connectivity index (χ0n) is 8.77. The Morgan fingerprint density at radius 2 is 1.78 bits per heavy atom. The Balaban J connectivity index is 3.02. The highest BCUT2D eigenvalue weighted by atomic mass is 19.4. The molecule has 0 aliphatic rings. The standard InChI is InChI=1S/C11H7F3O4/c12-11(13,14)18-9-4-2-1-3-7(9)8(15)5-6-10(16)17/h1-6H,(H,16,17). The quantitative estimate of drug-likeness (QED) is 0.667. The van der Waals surface area contributed by atoms with Crippen LogP contribution in [0.1, 0.15) is 10.4 Å². The third-order valence-corrected chi connectivity index (χ3v) is 1.76. The Hall–Kier alpha value is -2.31. The maximum absolute atomic E-state index is 12.1. The van der Waals surface area contributed by atoms with Crippen molar-refractivity contribution in [3.05, 3.63) is 42.0 Å². The van der Waals surface area contributed by atoms with Crippen LogP contribution in [0, 0.1) is 0 Å². The number of allylic oxidation sites excluding steroid dienone is 1. The number of ketones is 1. The van der Waals surface area contributed by atoms with Gasteiger partial charge in [0.15, 0.2) is 5.78 Å². The van der Waals surface area contributed by atoms with Gasteiger partial charge in [-0.2, -0.15) is 0 Å². The minimum absolute atomic E-state index is 0.368. The number of carbonyl (C=O) groups is 2. The van der Waals surface area contributed by atoms with Gasteiger partial charge in [0.05, 0.1) is 5.56 Å². The van der Waals surface area contributed by atoms with E-state index in [2.05, 4.69) is 4.74 Å². The molecular formula is C11H7F3O4. The van der Waals surface area contributed by atoms with E-state index in [1.807, 2.05) is 0 Å². The summed E-state index contributed by atoms with van der Waals surface area (Å²) in [6.45, 7) is 0. The van der Waals surface area contributed by atoms with Crippen molar-refractivity contribution in [2.24, 2.45) is 0 Å². The van der Waals surface area contributed by atoms with Crippen molar-refractivity contribution < 1.29 is 32.6 Å². The number of hydrogen-bond donors (Lipinski definition) is 1. The van der Waals surface area contributed by atoms with Gasteiger partial charge in [0.1, 0.15) is 5.75 Å². The van der Waals surface area contributed by atoms with Crippen LogP contribution in [0.2, 0.25) is 0 Å². The number of carboxylic acid groups (broad SMARTS) is 1. The van der Waals surface area contributed by atoms with Gasteiger partial charge in [0.2, 0.25) is 0 Å². The summed E-state index contributed by atoms with van der Waals surface area (Å²) in [4.78, 5) is 21.7. The molecule has 0 heterocycles. The Bertz CT molecular complexity index is 491. The summed E-state index contributed by atoms with van der Waals surface area (Å²) in [5, 5.41) is 8.31. The summed E-state index contributed by atoms with van der Waals surface area (Å²) in [6, 6.07) is 4.68. The first-order chi connectivity index (χ1) is 8.29. The molecule has 1 aromatic carbocycles. The first-order valence-corrected chi connectivity index (χ1v) is 4.60. The van der Waals surface area contributed by atoms with Crippen LogP contribution in [0.15, 0.2) is 36.4 Å². The molecule has 7 heteroatoms. The zero-order valence-corrected chi connectivity index (χ0v) is 8.77. The van der Waals surface area contributed by atoms with E-state index in [-0.39, 0.29) is 5.56 Å². The molecule has 0 saturated heterocycles. The smallest absolute Gasteiger partial charge is 0.478 e. The maximum atomic E-state index is 12.1. The molecule has 0 amide bonds. The fourth-order valence-electron chi connectivity index (χ4n) is 1.12. The summed E-state index contributed by atoms with van der Waals surface area (Å²) in [7, 11) is 0. The summed E-state index contributed by atoms with van der Waals surface area (Å²) in [5.74, 6) is -2.94. The number of para-hydroxylation sites is 1. The second-order valence-electron chi connectivity index (χ2n) is 3.08. The lowest BCUT2D eigenvalue weighted by molar-refractivity contribution is -0.274. The number of benzene rings is 1. The SMILES string of the molecule is O=C(O)C=CC(=O)c1ccccc1OC(F)(F)F. The van der Waals surface area contributed by atoms with Gasteiger partial charge in [0, 0.05) is 6.08 Å². The van der Waals surface area contributed by atoms with E-state index in [1.54, 1.807) is 0 Å². The molecule has 0 bridgehead atoms. The van der Waals surface area contributed by atoms with Crippen molar-refractivity contribution in [1.82, 2.24) is 0 Å². The van der Waals surface area contributed by atoms with Crippen LogP contribution in [-0.4, -0.2) is 23.2 Å². The third kappa shape index (κ3) is 4.28. The van der Waals surface area contributed by atoms with E-state index in [0.717, 1.165) is 12.1 Å². The van der Waals surface area contributed by atoms with Crippen LogP contribution in [0.4, 0.5) is 13.2 Å². The highest BCUT2D eigenvalue weighted by molar-refractivity contribution is 6.08. The first kappa shape index (κ1) is 13.8. The third-order valence-electron chi connectivity index (χ3n) is 1.76. The van der Waals surface area contributed by atoms with Crippen LogP contribution in [0.25, 0.3) is 0 Å². The minimum atomic E-state index is -4.92. The number of ether oxygens (including phenoxy) is 1. The second-order valence-corrected chi connectivity index (χ2v) is 3.08. The maximum Gasteiger partial charge on any atom is 0.573 e. The summed E-state index contributed by atoms with van der Waals surface area (Å²) >= 11 is 0. The zero-order chi connectivity index (χ0) is 13.8. The van der Waals surface area contributed by atoms with Gasteiger partial charge in [-0.05, 0) is 18.2 Å². The van der Waals surface area contributed by atoms with Crippen LogP contribution in [0.5, 0.6) is 5.75 Å². The molecule has 0 aliphatic heterocycles. The molecular weight excluding hydrogens is 253 g/mol. The number of alkyl halides is 3. The molecule has 1 rings (SSSR count). The Labute approximate surface area is 99.3 Å². The molecule has 0 fully saturated rings. The van der Waals surface area contributed by atoms with E-state index >= 15 is 0 Å². The van der Waals surface area contributed by atoms with Crippen LogP contribution < -0.4 is 4.74 Å². The molecule has 1 aromatic rings. The fraction of sp³-hybridized carbons (Fsp3) is 0.0909. The summed E-state index contributed by atoms with van der Waals surface area (Å²) < 4.78 is 39.8. The molecule has 4 nitrogen and oxygen atoms in total. The molecule has 0 atom stereocenters. The molecule has 96 valence electrons. The lowest BCUT2D eigenvalue weighted by Crippen LogP contribution is -2.18. The first-order valence-electron chi connectivity index (χ1n) is 4.60. The molecule has 0 unspecified atom stereocenters. The van der Waals surface area contributed by atoms with Crippen molar-refractivity contribution in [2.45, 2.75) is 6.36 Å².